The summed E-state index contributed by atoms with van der Waals surface area (Å²) in [5.74, 6) is -1.83. The maximum absolute atomic E-state index is 12.9. The van der Waals surface area contributed by atoms with E-state index in [1.54, 1.807) is 19.1 Å². The highest BCUT2D eigenvalue weighted by Gasteiger charge is 2.29. The molecular weight excluding hydrogens is 480 g/mol. The van der Waals surface area contributed by atoms with Gasteiger partial charge in [-0.05, 0) is 37.0 Å². The lowest BCUT2D eigenvalue weighted by atomic mass is 9.93. The highest BCUT2D eigenvalue weighted by molar-refractivity contribution is 7.91. The van der Waals surface area contributed by atoms with Crippen LogP contribution in [0.3, 0.4) is 0 Å². The molecule has 202 valence electrons. The van der Waals surface area contributed by atoms with Gasteiger partial charge in [0.2, 0.25) is 11.8 Å². The van der Waals surface area contributed by atoms with Crippen LogP contribution in [0.5, 0.6) is 5.75 Å². The molecule has 1 aromatic rings. The first kappa shape index (κ1) is 31.4. The zero-order valence-corrected chi connectivity index (χ0v) is 22.6. The summed E-state index contributed by atoms with van der Waals surface area (Å²) in [7, 11) is -3.47. The Hall–Kier alpha value is -2.65. The van der Waals surface area contributed by atoms with Gasteiger partial charge >= 0.3 is 0 Å². The fraction of sp³-hybridized carbons (Fsp3) is 0.556. The van der Waals surface area contributed by atoms with E-state index in [0.29, 0.717) is 18.9 Å². The number of carbonyl (C=O) groups excluding carboxylic acids is 2. The SMILES string of the molecule is C=CCOc1cccc(CC(NC(=O)[C@H](C)CS(=O)(=O)CC=C)C(O)CC(C)C(=O)NCCCC)c1. The highest BCUT2D eigenvalue weighted by atomic mass is 32.2. The third kappa shape index (κ3) is 11.9. The van der Waals surface area contributed by atoms with Crippen molar-refractivity contribution in [1.82, 2.24) is 10.6 Å². The predicted molar refractivity (Wildman–Crippen MR) is 143 cm³/mol. The number of sulfone groups is 1. The van der Waals surface area contributed by atoms with Crippen LogP contribution in [0.15, 0.2) is 49.6 Å². The maximum Gasteiger partial charge on any atom is 0.224 e. The second kappa shape index (κ2) is 16.2. The number of hydrogen-bond acceptors (Lipinski definition) is 6. The van der Waals surface area contributed by atoms with E-state index in [1.807, 2.05) is 25.1 Å². The Morgan fingerprint density at radius 2 is 1.86 bits per heavy atom. The molecule has 0 heterocycles. The number of rotatable bonds is 18. The summed E-state index contributed by atoms with van der Waals surface area (Å²) in [5.41, 5.74) is 0.813. The fourth-order valence-corrected chi connectivity index (χ4v) is 5.09. The zero-order chi connectivity index (χ0) is 27.1. The summed E-state index contributed by atoms with van der Waals surface area (Å²) < 4.78 is 29.9. The normalized spacial score (nSPS) is 14.7. The molecule has 0 radical (unpaired) electrons. The largest absolute Gasteiger partial charge is 0.490 e. The van der Waals surface area contributed by atoms with Crippen molar-refractivity contribution in [1.29, 1.82) is 0 Å². The molecule has 8 nitrogen and oxygen atoms in total. The van der Waals surface area contributed by atoms with Gasteiger partial charge in [-0.3, -0.25) is 9.59 Å². The smallest absolute Gasteiger partial charge is 0.224 e. The Kier molecular flexibility index (Phi) is 14.1. The molecule has 0 spiro atoms. The van der Waals surface area contributed by atoms with Crippen LogP contribution in [0.25, 0.3) is 0 Å². The number of unbranched alkanes of at least 4 members (excludes halogenated alkanes) is 1. The lowest BCUT2D eigenvalue weighted by Crippen LogP contribution is -2.48. The molecule has 0 aliphatic carbocycles. The van der Waals surface area contributed by atoms with Crippen molar-refractivity contribution >= 4 is 21.7 Å². The van der Waals surface area contributed by atoms with Crippen LogP contribution in [0, 0.1) is 11.8 Å². The summed E-state index contributed by atoms with van der Waals surface area (Å²) in [6.45, 7) is 13.3. The number of carbonyl (C=O) groups is 2. The number of aliphatic hydroxyl groups is 1. The van der Waals surface area contributed by atoms with Gasteiger partial charge in [-0.25, -0.2) is 8.42 Å². The van der Waals surface area contributed by atoms with E-state index in [9.17, 15) is 23.1 Å². The minimum atomic E-state index is -3.47. The lowest BCUT2D eigenvalue weighted by Gasteiger charge is -2.27. The number of benzene rings is 1. The van der Waals surface area contributed by atoms with Crippen LogP contribution >= 0.6 is 0 Å². The van der Waals surface area contributed by atoms with Gasteiger partial charge in [-0.1, -0.05) is 58.1 Å². The number of amides is 2. The summed E-state index contributed by atoms with van der Waals surface area (Å²) in [5, 5.41) is 16.7. The molecule has 1 rings (SSSR count). The summed E-state index contributed by atoms with van der Waals surface area (Å²) in [4.78, 5) is 25.3. The average Bonchev–Trinajstić information content (AvgIpc) is 2.82. The van der Waals surface area contributed by atoms with E-state index in [0.717, 1.165) is 18.4 Å². The summed E-state index contributed by atoms with van der Waals surface area (Å²) in [6.07, 6.45) is 4.14. The van der Waals surface area contributed by atoms with Gasteiger partial charge < -0.3 is 20.5 Å². The van der Waals surface area contributed by atoms with Crippen molar-refractivity contribution in [2.24, 2.45) is 11.8 Å². The highest BCUT2D eigenvalue weighted by Crippen LogP contribution is 2.19. The molecule has 0 saturated heterocycles. The standard InChI is InChI=1S/C27H42N2O6S/c1-6-9-13-28-26(31)20(4)16-25(30)24(18-22-11-10-12-23(17-22)35-14-7-2)29-27(32)21(5)19-36(33,34)15-8-3/h7-8,10-12,17,20-21,24-25,30H,2-3,6,9,13-16,18-19H2,1,4-5H3,(H,28,31)(H,29,32)/t20?,21-,24?,25?/m1/s1. The van der Waals surface area contributed by atoms with Crippen molar-refractivity contribution in [3.05, 3.63) is 55.1 Å². The molecule has 0 aromatic heterocycles. The van der Waals surface area contributed by atoms with Crippen LogP contribution in [0.1, 0.15) is 45.6 Å². The van der Waals surface area contributed by atoms with Crippen LogP contribution < -0.4 is 15.4 Å². The third-order valence-electron chi connectivity index (χ3n) is 5.71. The predicted octanol–water partition coefficient (Wildman–Crippen LogP) is 2.82. The van der Waals surface area contributed by atoms with E-state index < -0.39 is 39.7 Å². The van der Waals surface area contributed by atoms with Gasteiger partial charge in [0, 0.05) is 18.4 Å². The van der Waals surface area contributed by atoms with E-state index >= 15 is 0 Å². The van der Waals surface area contributed by atoms with E-state index in [2.05, 4.69) is 23.8 Å². The molecule has 2 amide bonds. The van der Waals surface area contributed by atoms with Gasteiger partial charge in [0.25, 0.3) is 0 Å². The molecule has 36 heavy (non-hydrogen) atoms. The lowest BCUT2D eigenvalue weighted by molar-refractivity contribution is -0.126. The second-order valence-corrected chi connectivity index (χ2v) is 11.3. The topological polar surface area (TPSA) is 122 Å². The van der Waals surface area contributed by atoms with Crippen LogP contribution in [0.2, 0.25) is 0 Å². The van der Waals surface area contributed by atoms with E-state index in [-0.39, 0.29) is 30.3 Å². The van der Waals surface area contributed by atoms with Crippen molar-refractivity contribution in [2.45, 2.75) is 58.6 Å². The minimum absolute atomic E-state index is 0.138. The van der Waals surface area contributed by atoms with Gasteiger partial charge in [0.1, 0.15) is 12.4 Å². The Labute approximate surface area is 216 Å². The maximum atomic E-state index is 12.9. The van der Waals surface area contributed by atoms with Gasteiger partial charge in [0.15, 0.2) is 9.84 Å². The Bertz CT molecular complexity index is 963. The molecule has 4 atom stereocenters. The average molecular weight is 523 g/mol. The molecule has 3 unspecified atom stereocenters. The van der Waals surface area contributed by atoms with Crippen molar-refractivity contribution in [3.8, 4) is 5.75 Å². The second-order valence-electron chi connectivity index (χ2n) is 9.18. The molecule has 0 aliphatic heterocycles. The Balaban J connectivity index is 3.01. The van der Waals surface area contributed by atoms with Gasteiger partial charge in [-0.15, -0.1) is 6.58 Å². The quantitative estimate of drug-likeness (QED) is 0.201. The Morgan fingerprint density at radius 1 is 1.14 bits per heavy atom. The van der Waals surface area contributed by atoms with Gasteiger partial charge in [0.05, 0.1) is 23.7 Å². The van der Waals surface area contributed by atoms with Crippen LogP contribution in [-0.2, 0) is 25.8 Å². The summed E-state index contributed by atoms with van der Waals surface area (Å²) >= 11 is 0. The fourth-order valence-electron chi connectivity index (χ4n) is 3.68. The summed E-state index contributed by atoms with van der Waals surface area (Å²) in [6, 6.07) is 6.54. The van der Waals surface area contributed by atoms with Crippen LogP contribution in [0.4, 0.5) is 0 Å². The third-order valence-corrected chi connectivity index (χ3v) is 7.46. The van der Waals surface area contributed by atoms with Crippen molar-refractivity contribution in [2.75, 3.05) is 24.7 Å². The molecule has 9 heteroatoms. The number of nitrogens with one attached hydrogen (secondary N) is 2. The zero-order valence-electron chi connectivity index (χ0n) is 21.7. The molecule has 0 bridgehead atoms. The molecule has 0 aliphatic rings. The Morgan fingerprint density at radius 3 is 2.50 bits per heavy atom. The monoisotopic (exact) mass is 522 g/mol. The molecule has 3 N–H and O–H groups in total. The van der Waals surface area contributed by atoms with E-state index in [1.165, 1.54) is 13.0 Å². The van der Waals surface area contributed by atoms with Crippen molar-refractivity contribution < 1.29 is 27.9 Å². The number of ether oxygens (including phenoxy) is 1. The molecule has 0 saturated carbocycles. The first-order valence-corrected chi connectivity index (χ1v) is 14.2. The first-order chi connectivity index (χ1) is 17.0. The van der Waals surface area contributed by atoms with E-state index in [4.69, 9.17) is 4.74 Å². The first-order valence-electron chi connectivity index (χ1n) is 12.4. The molecule has 1 aromatic carbocycles. The van der Waals surface area contributed by atoms with Crippen LogP contribution in [-0.4, -0.2) is 62.1 Å². The number of aliphatic hydroxyl groups excluding tert-OH is 1. The molecular formula is C27H42N2O6S. The minimum Gasteiger partial charge on any atom is -0.490 e. The number of hydrogen-bond donors (Lipinski definition) is 3. The van der Waals surface area contributed by atoms with Crippen molar-refractivity contribution in [3.63, 3.8) is 0 Å². The molecule has 0 fully saturated rings. The van der Waals surface area contributed by atoms with Gasteiger partial charge in [-0.2, -0.15) is 0 Å².